The number of fused-ring (bicyclic) bond motifs is 1. The molecule has 2 aliphatic heterocycles. The van der Waals surface area contributed by atoms with Crippen molar-refractivity contribution in [3.63, 3.8) is 0 Å². The van der Waals surface area contributed by atoms with Crippen molar-refractivity contribution in [3.05, 3.63) is 85.5 Å². The van der Waals surface area contributed by atoms with Gasteiger partial charge in [0.1, 0.15) is 5.76 Å². The molecule has 3 heterocycles. The molecule has 6 nitrogen and oxygen atoms in total. The molecule has 1 saturated heterocycles. The third-order valence-electron chi connectivity index (χ3n) is 5.37. The molecular weight excluding hydrogens is 473 g/mol. The SMILES string of the molecule is O=C1C(=O)N(Cc2cccs2)C(c2c(Cl)cccc2Cl)/C1=C(\O)c1ccc2c(c1)OCO2. The number of aliphatic hydroxyl groups is 1. The number of likely N-dealkylation sites (tertiary alicyclic amines) is 1. The molecule has 0 radical (unpaired) electrons. The largest absolute Gasteiger partial charge is 0.507 e. The van der Waals surface area contributed by atoms with Crippen molar-refractivity contribution >= 4 is 52.0 Å². The Kier molecular flexibility index (Phi) is 5.33. The number of ketones is 1. The number of rotatable bonds is 4. The molecule has 1 N–H and O–H groups in total. The quantitative estimate of drug-likeness (QED) is 0.302. The second-order valence-electron chi connectivity index (χ2n) is 7.21. The maximum Gasteiger partial charge on any atom is 0.295 e. The van der Waals surface area contributed by atoms with Crippen LogP contribution in [0.15, 0.2) is 59.5 Å². The molecule has 1 amide bonds. The van der Waals surface area contributed by atoms with Gasteiger partial charge in [-0.25, -0.2) is 0 Å². The molecule has 1 unspecified atom stereocenters. The summed E-state index contributed by atoms with van der Waals surface area (Å²) < 4.78 is 10.7. The molecule has 1 atom stereocenters. The van der Waals surface area contributed by atoms with E-state index in [-0.39, 0.29) is 34.7 Å². The van der Waals surface area contributed by atoms with Crippen LogP contribution in [0.3, 0.4) is 0 Å². The van der Waals surface area contributed by atoms with Crippen molar-refractivity contribution in [1.82, 2.24) is 4.90 Å². The topological polar surface area (TPSA) is 76.1 Å². The number of nitrogens with zero attached hydrogens (tertiary/aromatic N) is 1. The van der Waals surface area contributed by atoms with Crippen molar-refractivity contribution in [2.45, 2.75) is 12.6 Å². The molecule has 32 heavy (non-hydrogen) atoms. The van der Waals surface area contributed by atoms with Gasteiger partial charge in [0.05, 0.1) is 18.2 Å². The number of carbonyl (C=O) groups is 2. The number of benzene rings is 2. The molecule has 0 bridgehead atoms. The lowest BCUT2D eigenvalue weighted by atomic mass is 9.95. The van der Waals surface area contributed by atoms with Gasteiger partial charge in [0.15, 0.2) is 11.5 Å². The first kappa shape index (κ1) is 20.9. The van der Waals surface area contributed by atoms with E-state index in [0.717, 1.165) is 4.88 Å². The summed E-state index contributed by atoms with van der Waals surface area (Å²) in [7, 11) is 0. The van der Waals surface area contributed by atoms with Crippen LogP contribution in [0.25, 0.3) is 5.76 Å². The fourth-order valence-electron chi connectivity index (χ4n) is 3.88. The van der Waals surface area contributed by atoms with E-state index in [4.69, 9.17) is 32.7 Å². The molecule has 2 aliphatic rings. The van der Waals surface area contributed by atoms with Crippen LogP contribution in [-0.4, -0.2) is 28.5 Å². The number of thiophene rings is 1. The van der Waals surface area contributed by atoms with Gasteiger partial charge in [0.2, 0.25) is 6.79 Å². The number of halogens is 2. The lowest BCUT2D eigenvalue weighted by Crippen LogP contribution is -2.29. The van der Waals surface area contributed by atoms with Crippen molar-refractivity contribution in [2.75, 3.05) is 6.79 Å². The second kappa shape index (κ2) is 8.16. The van der Waals surface area contributed by atoms with Crippen LogP contribution < -0.4 is 9.47 Å². The predicted molar refractivity (Wildman–Crippen MR) is 121 cm³/mol. The van der Waals surface area contributed by atoms with Gasteiger partial charge in [-0.15, -0.1) is 11.3 Å². The van der Waals surface area contributed by atoms with E-state index in [1.165, 1.54) is 16.2 Å². The van der Waals surface area contributed by atoms with Gasteiger partial charge in [0, 0.05) is 26.0 Å². The predicted octanol–water partition coefficient (Wildman–Crippen LogP) is 5.41. The summed E-state index contributed by atoms with van der Waals surface area (Å²) in [6.07, 6.45) is 0. The summed E-state index contributed by atoms with van der Waals surface area (Å²) in [5.74, 6) is -0.907. The van der Waals surface area contributed by atoms with E-state index >= 15 is 0 Å². The minimum Gasteiger partial charge on any atom is -0.507 e. The van der Waals surface area contributed by atoms with E-state index in [2.05, 4.69) is 0 Å². The van der Waals surface area contributed by atoms with Crippen molar-refractivity contribution < 1.29 is 24.2 Å². The number of hydrogen-bond donors (Lipinski definition) is 1. The van der Waals surface area contributed by atoms with E-state index in [1.807, 2.05) is 17.5 Å². The zero-order valence-electron chi connectivity index (χ0n) is 16.4. The third-order valence-corrected chi connectivity index (χ3v) is 6.89. The maximum absolute atomic E-state index is 13.2. The summed E-state index contributed by atoms with van der Waals surface area (Å²) >= 11 is 14.4. The van der Waals surface area contributed by atoms with Crippen LogP contribution in [0.4, 0.5) is 0 Å². The van der Waals surface area contributed by atoms with E-state index in [0.29, 0.717) is 22.6 Å². The number of aliphatic hydroxyl groups excluding tert-OH is 1. The summed E-state index contributed by atoms with van der Waals surface area (Å²) in [6.45, 7) is 0.242. The minimum absolute atomic E-state index is 0.0694. The van der Waals surface area contributed by atoms with Crippen molar-refractivity contribution in [3.8, 4) is 11.5 Å². The minimum atomic E-state index is -0.955. The van der Waals surface area contributed by atoms with E-state index in [9.17, 15) is 14.7 Å². The molecule has 1 fully saturated rings. The van der Waals surface area contributed by atoms with Crippen molar-refractivity contribution in [2.24, 2.45) is 0 Å². The normalized spacial score (nSPS) is 19.1. The molecule has 3 aromatic rings. The van der Waals surface area contributed by atoms with Crippen molar-refractivity contribution in [1.29, 1.82) is 0 Å². The molecular formula is C23H15Cl2NO5S. The second-order valence-corrected chi connectivity index (χ2v) is 9.06. The Bertz CT molecular complexity index is 1250. The summed E-state index contributed by atoms with van der Waals surface area (Å²) in [6, 6.07) is 12.5. The Morgan fingerprint density at radius 1 is 1.06 bits per heavy atom. The van der Waals surface area contributed by atoms with Gasteiger partial charge in [-0.05, 0) is 41.8 Å². The molecule has 162 valence electrons. The van der Waals surface area contributed by atoms with E-state index < -0.39 is 17.7 Å². The number of carbonyl (C=O) groups excluding carboxylic acids is 2. The highest BCUT2D eigenvalue weighted by molar-refractivity contribution is 7.09. The van der Waals surface area contributed by atoms with Crippen LogP contribution in [0.1, 0.15) is 22.0 Å². The van der Waals surface area contributed by atoms with Crippen LogP contribution in [0, 0.1) is 0 Å². The Labute approximate surface area is 197 Å². The molecule has 2 aromatic carbocycles. The van der Waals surface area contributed by atoms with Gasteiger partial charge in [-0.2, -0.15) is 0 Å². The molecule has 0 spiro atoms. The summed E-state index contributed by atoms with van der Waals surface area (Å²) in [5, 5.41) is 13.7. The number of Topliss-reactive ketones (excluding diaryl/α,β-unsaturated/α-hetero) is 1. The number of hydrogen-bond acceptors (Lipinski definition) is 6. The zero-order valence-corrected chi connectivity index (χ0v) is 18.7. The van der Waals surface area contributed by atoms with Gasteiger partial charge in [-0.3, -0.25) is 9.59 Å². The monoisotopic (exact) mass is 487 g/mol. The van der Waals surface area contributed by atoms with Gasteiger partial charge >= 0.3 is 0 Å². The highest BCUT2D eigenvalue weighted by atomic mass is 35.5. The number of ether oxygens (including phenoxy) is 2. The standard InChI is InChI=1S/C23H15Cl2NO5S/c24-14-4-1-5-15(25)18(14)20-19(21(27)12-6-7-16-17(9-12)31-11-30-16)22(28)23(29)26(20)10-13-3-2-8-32-13/h1-9,20,27H,10-11H2/b21-19+. The first-order valence-corrected chi connectivity index (χ1v) is 11.2. The number of amides is 1. The fourth-order valence-corrected chi connectivity index (χ4v) is 5.19. The highest BCUT2D eigenvalue weighted by Crippen LogP contribution is 2.46. The average molecular weight is 488 g/mol. The Balaban J connectivity index is 1.69. The Hall–Kier alpha value is -3.00. The lowest BCUT2D eigenvalue weighted by Gasteiger charge is -2.26. The average Bonchev–Trinajstić information content (AvgIpc) is 3.51. The molecule has 9 heteroatoms. The van der Waals surface area contributed by atoms with Gasteiger partial charge in [0.25, 0.3) is 11.7 Å². The van der Waals surface area contributed by atoms with E-state index in [1.54, 1.807) is 36.4 Å². The molecule has 0 aliphatic carbocycles. The maximum atomic E-state index is 13.2. The Morgan fingerprint density at radius 2 is 1.81 bits per heavy atom. The van der Waals surface area contributed by atoms with Crippen LogP contribution in [-0.2, 0) is 16.1 Å². The highest BCUT2D eigenvalue weighted by Gasteiger charge is 2.47. The van der Waals surface area contributed by atoms with Gasteiger partial charge < -0.3 is 19.5 Å². The third kappa shape index (κ3) is 3.43. The molecule has 1 aromatic heterocycles. The molecule has 0 saturated carbocycles. The smallest absolute Gasteiger partial charge is 0.295 e. The first-order valence-electron chi connectivity index (χ1n) is 9.60. The first-order chi connectivity index (χ1) is 15.5. The fraction of sp³-hybridized carbons (Fsp3) is 0.130. The Morgan fingerprint density at radius 3 is 2.53 bits per heavy atom. The summed E-state index contributed by atoms with van der Waals surface area (Å²) in [4.78, 5) is 28.5. The van der Waals surface area contributed by atoms with Crippen LogP contribution >= 0.6 is 34.5 Å². The van der Waals surface area contributed by atoms with Crippen LogP contribution in [0.2, 0.25) is 10.0 Å². The van der Waals surface area contributed by atoms with Crippen LogP contribution in [0.5, 0.6) is 11.5 Å². The lowest BCUT2D eigenvalue weighted by molar-refractivity contribution is -0.140. The summed E-state index contributed by atoms with van der Waals surface area (Å²) in [5.41, 5.74) is 0.617. The van der Waals surface area contributed by atoms with Gasteiger partial charge in [-0.1, -0.05) is 35.3 Å². The molecule has 5 rings (SSSR count). The zero-order chi connectivity index (χ0) is 22.4.